The van der Waals surface area contributed by atoms with Crippen molar-refractivity contribution < 1.29 is 4.74 Å². The quantitative estimate of drug-likeness (QED) is 0.887. The zero-order chi connectivity index (χ0) is 15.4. The first-order valence-electron chi connectivity index (χ1n) is 7.44. The predicted octanol–water partition coefficient (Wildman–Crippen LogP) is 3.13. The predicted molar refractivity (Wildman–Crippen MR) is 85.8 cm³/mol. The lowest BCUT2D eigenvalue weighted by atomic mass is 9.97. The van der Waals surface area contributed by atoms with Gasteiger partial charge in [0, 0.05) is 19.4 Å². The Labute approximate surface area is 127 Å². The molecule has 1 unspecified atom stereocenters. The monoisotopic (exact) mass is 287 g/mol. The third kappa shape index (κ3) is 3.27. The second-order valence-electron chi connectivity index (χ2n) is 5.46. The molecular weight excluding hydrogens is 262 g/mol. The largest absolute Gasteiger partial charge is 0.496 e. The summed E-state index contributed by atoms with van der Waals surface area (Å²) in [6, 6.07) is 4.42. The zero-order valence-electron chi connectivity index (χ0n) is 13.6. The molecule has 0 aliphatic rings. The minimum Gasteiger partial charge on any atom is -0.496 e. The van der Waals surface area contributed by atoms with Gasteiger partial charge in [-0.05, 0) is 49.6 Å². The fourth-order valence-electron chi connectivity index (χ4n) is 2.63. The Bertz CT molecular complexity index is 604. The number of nitrogens with one attached hydrogen (secondary N) is 1. The molecular formula is C17H25N3O. The molecule has 0 amide bonds. The van der Waals surface area contributed by atoms with E-state index in [0.717, 1.165) is 30.1 Å². The number of methoxy groups -OCH3 is 1. The maximum absolute atomic E-state index is 5.41. The smallest absolute Gasteiger partial charge is 0.130 e. The van der Waals surface area contributed by atoms with Crippen LogP contribution in [0.25, 0.3) is 0 Å². The fraction of sp³-hybridized carbons (Fsp3) is 0.471. The highest BCUT2D eigenvalue weighted by Crippen LogP contribution is 2.29. The molecule has 1 atom stereocenters. The van der Waals surface area contributed by atoms with E-state index in [4.69, 9.17) is 4.74 Å². The topological polar surface area (TPSA) is 39.1 Å². The van der Waals surface area contributed by atoms with Gasteiger partial charge in [0.2, 0.25) is 0 Å². The highest BCUT2D eigenvalue weighted by molar-refractivity contribution is 5.44. The number of hydrogen-bond donors (Lipinski definition) is 1. The molecule has 0 bridgehead atoms. The molecule has 0 saturated carbocycles. The van der Waals surface area contributed by atoms with Gasteiger partial charge in [-0.3, -0.25) is 0 Å². The van der Waals surface area contributed by atoms with Crippen LogP contribution >= 0.6 is 0 Å². The number of benzene rings is 1. The van der Waals surface area contributed by atoms with Crippen LogP contribution in [0.4, 0.5) is 0 Å². The molecule has 1 heterocycles. The van der Waals surface area contributed by atoms with Crippen molar-refractivity contribution in [2.45, 2.75) is 33.2 Å². The lowest BCUT2D eigenvalue weighted by Gasteiger charge is -2.22. The number of nitrogens with zero attached hydrogens (tertiary/aromatic N) is 2. The van der Waals surface area contributed by atoms with E-state index in [2.05, 4.69) is 47.8 Å². The van der Waals surface area contributed by atoms with E-state index in [1.54, 1.807) is 7.11 Å². The molecule has 1 N–H and O–H groups in total. The molecule has 21 heavy (non-hydrogen) atoms. The molecule has 0 radical (unpaired) electrons. The van der Waals surface area contributed by atoms with E-state index in [0.29, 0.717) is 0 Å². The van der Waals surface area contributed by atoms with Crippen molar-refractivity contribution >= 4 is 0 Å². The second kappa shape index (κ2) is 6.76. The summed E-state index contributed by atoms with van der Waals surface area (Å²) in [5, 5.41) is 3.61. The summed E-state index contributed by atoms with van der Waals surface area (Å²) in [6.45, 7) is 7.34. The first-order chi connectivity index (χ1) is 10.1. The molecule has 0 aliphatic heterocycles. The van der Waals surface area contributed by atoms with Gasteiger partial charge in [-0.1, -0.05) is 13.0 Å². The van der Waals surface area contributed by atoms with Crippen molar-refractivity contribution in [3.05, 3.63) is 47.0 Å². The highest BCUT2D eigenvalue weighted by atomic mass is 16.5. The molecule has 0 spiro atoms. The first kappa shape index (κ1) is 15.6. The Hall–Kier alpha value is -1.81. The lowest BCUT2D eigenvalue weighted by molar-refractivity contribution is 0.410. The summed E-state index contributed by atoms with van der Waals surface area (Å²) in [7, 11) is 3.75. The Morgan fingerprint density at radius 1 is 1.29 bits per heavy atom. The first-order valence-corrected chi connectivity index (χ1v) is 7.44. The van der Waals surface area contributed by atoms with Crippen molar-refractivity contribution in [1.29, 1.82) is 0 Å². The third-order valence-electron chi connectivity index (χ3n) is 3.81. The Kier molecular flexibility index (Phi) is 5.02. The molecule has 0 aliphatic carbocycles. The number of imidazole rings is 1. The molecule has 114 valence electrons. The number of rotatable bonds is 6. The second-order valence-corrected chi connectivity index (χ2v) is 5.46. The van der Waals surface area contributed by atoms with Crippen LogP contribution in [0.5, 0.6) is 5.75 Å². The molecule has 4 heteroatoms. The highest BCUT2D eigenvalue weighted by Gasteiger charge is 2.20. The molecule has 0 saturated heterocycles. The van der Waals surface area contributed by atoms with Gasteiger partial charge in [0.15, 0.2) is 0 Å². The number of aryl methyl sites for hydroxylation is 3. The lowest BCUT2D eigenvalue weighted by Crippen LogP contribution is -2.26. The van der Waals surface area contributed by atoms with Crippen molar-refractivity contribution in [3.8, 4) is 5.75 Å². The number of aromatic nitrogens is 2. The molecule has 4 nitrogen and oxygen atoms in total. The van der Waals surface area contributed by atoms with Crippen LogP contribution in [-0.2, 0) is 7.05 Å². The number of hydrogen-bond acceptors (Lipinski definition) is 3. The molecule has 2 aromatic rings. The molecule has 2 rings (SSSR count). The summed E-state index contributed by atoms with van der Waals surface area (Å²) < 4.78 is 7.49. The van der Waals surface area contributed by atoms with Gasteiger partial charge < -0.3 is 14.6 Å². The summed E-state index contributed by atoms with van der Waals surface area (Å²) in [6.07, 6.45) is 4.93. The molecule has 0 fully saturated rings. The maximum atomic E-state index is 5.41. The van der Waals surface area contributed by atoms with E-state index < -0.39 is 0 Å². The standard InChI is InChI=1S/C17H25N3O/c1-6-7-18-16(17-19-8-9-20(17)4)14-10-13(3)15(21-5)11-12(14)2/h8-11,16,18H,6-7H2,1-5H3. The molecule has 1 aromatic heterocycles. The van der Waals surface area contributed by atoms with Crippen LogP contribution in [-0.4, -0.2) is 23.2 Å². The summed E-state index contributed by atoms with van der Waals surface area (Å²) in [5.41, 5.74) is 3.63. The van der Waals surface area contributed by atoms with E-state index >= 15 is 0 Å². The van der Waals surface area contributed by atoms with Crippen LogP contribution in [0.15, 0.2) is 24.5 Å². The van der Waals surface area contributed by atoms with E-state index in [9.17, 15) is 0 Å². The van der Waals surface area contributed by atoms with Gasteiger partial charge in [-0.15, -0.1) is 0 Å². The SMILES string of the molecule is CCCNC(c1cc(C)c(OC)cc1C)c1nccn1C. The van der Waals surface area contributed by atoms with Crippen molar-refractivity contribution in [2.24, 2.45) is 7.05 Å². The average Bonchev–Trinajstić information content (AvgIpc) is 2.88. The van der Waals surface area contributed by atoms with Crippen molar-refractivity contribution in [3.63, 3.8) is 0 Å². The van der Waals surface area contributed by atoms with Crippen LogP contribution in [0, 0.1) is 13.8 Å². The Morgan fingerprint density at radius 2 is 2.05 bits per heavy atom. The fourth-order valence-corrected chi connectivity index (χ4v) is 2.63. The molecule has 1 aromatic carbocycles. The summed E-state index contributed by atoms with van der Waals surface area (Å²) in [5.74, 6) is 1.97. The average molecular weight is 287 g/mol. The van der Waals surface area contributed by atoms with E-state index in [-0.39, 0.29) is 6.04 Å². The summed E-state index contributed by atoms with van der Waals surface area (Å²) >= 11 is 0. The number of ether oxygens (including phenoxy) is 1. The van der Waals surface area contributed by atoms with Crippen LogP contribution in [0.2, 0.25) is 0 Å². The van der Waals surface area contributed by atoms with E-state index in [1.807, 2.05) is 19.4 Å². The third-order valence-corrected chi connectivity index (χ3v) is 3.81. The normalized spacial score (nSPS) is 12.4. The zero-order valence-corrected chi connectivity index (χ0v) is 13.6. The Morgan fingerprint density at radius 3 is 2.62 bits per heavy atom. The van der Waals surface area contributed by atoms with Crippen molar-refractivity contribution in [1.82, 2.24) is 14.9 Å². The van der Waals surface area contributed by atoms with Gasteiger partial charge in [-0.25, -0.2) is 4.98 Å². The minimum absolute atomic E-state index is 0.106. The Balaban J connectivity index is 2.46. The van der Waals surface area contributed by atoms with Gasteiger partial charge in [-0.2, -0.15) is 0 Å². The van der Waals surface area contributed by atoms with Gasteiger partial charge in [0.1, 0.15) is 11.6 Å². The van der Waals surface area contributed by atoms with E-state index in [1.165, 1.54) is 11.1 Å². The van der Waals surface area contributed by atoms with Crippen LogP contribution in [0.1, 0.15) is 41.9 Å². The van der Waals surface area contributed by atoms with Gasteiger partial charge in [0.05, 0.1) is 13.2 Å². The maximum Gasteiger partial charge on any atom is 0.130 e. The van der Waals surface area contributed by atoms with Gasteiger partial charge in [0.25, 0.3) is 0 Å². The minimum atomic E-state index is 0.106. The van der Waals surface area contributed by atoms with Crippen LogP contribution < -0.4 is 10.1 Å². The van der Waals surface area contributed by atoms with Gasteiger partial charge >= 0.3 is 0 Å². The van der Waals surface area contributed by atoms with Crippen molar-refractivity contribution in [2.75, 3.05) is 13.7 Å². The summed E-state index contributed by atoms with van der Waals surface area (Å²) in [4.78, 5) is 4.53. The van der Waals surface area contributed by atoms with Crippen LogP contribution in [0.3, 0.4) is 0 Å².